The van der Waals surface area contributed by atoms with Crippen LogP contribution in [0.15, 0.2) is 30.3 Å². The van der Waals surface area contributed by atoms with E-state index in [-0.39, 0.29) is 45.8 Å². The molecule has 4 rings (SSSR count). The molecule has 0 aromatic heterocycles. The van der Waals surface area contributed by atoms with Gasteiger partial charge in [-0.2, -0.15) is 13.2 Å². The Bertz CT molecular complexity index is 1110. The van der Waals surface area contributed by atoms with Gasteiger partial charge in [-0.3, -0.25) is 9.59 Å². The van der Waals surface area contributed by atoms with E-state index in [1.54, 1.807) is 6.07 Å². The molecule has 2 aromatic carbocycles. The predicted octanol–water partition coefficient (Wildman–Crippen LogP) is 3.19. The number of carboxylic acids is 1. The number of fused-ring (bicyclic) bond motifs is 2. The zero-order chi connectivity index (χ0) is 24.5. The molecule has 0 amide bonds. The highest BCUT2D eigenvalue weighted by Gasteiger charge is 2.38. The molecule has 1 saturated carbocycles. The highest BCUT2D eigenvalue weighted by atomic mass is 19.4. The van der Waals surface area contributed by atoms with Crippen molar-refractivity contribution >= 4 is 23.2 Å². The van der Waals surface area contributed by atoms with Crippen molar-refractivity contribution < 1.29 is 42.9 Å². The minimum Gasteiger partial charge on any atom is -0.507 e. The molecule has 0 bridgehead atoms. The summed E-state index contributed by atoms with van der Waals surface area (Å²) >= 11 is 0. The lowest BCUT2D eigenvalue weighted by atomic mass is 9.82. The third kappa shape index (κ3) is 4.92. The standard InChI is InChI=1S/C20H20N2O4.C2HF3O2/c21-10-4-6-11(7-5-10)22-13-8-9-15(24)18-17(13)20(26)16-12(19(18)25)2-1-3-14(16)23;3-2(4,5)1(6)7/h1-3,8-11,22-24H,4-7,21H2;(H,6,7). The molecule has 2 aliphatic rings. The van der Waals surface area contributed by atoms with Crippen molar-refractivity contribution in [2.75, 3.05) is 5.32 Å². The Balaban J connectivity index is 0.000000383. The molecule has 33 heavy (non-hydrogen) atoms. The second kappa shape index (κ2) is 9.10. The quantitative estimate of drug-likeness (QED) is 0.362. The van der Waals surface area contributed by atoms with Crippen LogP contribution in [0.5, 0.6) is 11.5 Å². The predicted molar refractivity (Wildman–Crippen MR) is 111 cm³/mol. The molecule has 0 atom stereocenters. The van der Waals surface area contributed by atoms with Crippen LogP contribution in [0.25, 0.3) is 0 Å². The molecule has 0 heterocycles. The molecule has 0 spiro atoms. The SMILES string of the molecule is NC1CCC(Nc2ccc(O)c3c2C(=O)c2c(O)cccc2C3=O)CC1.O=C(O)C(F)(F)F. The second-order valence-corrected chi connectivity index (χ2v) is 7.80. The number of hydrogen-bond acceptors (Lipinski definition) is 7. The van der Waals surface area contributed by atoms with E-state index >= 15 is 0 Å². The molecule has 0 unspecified atom stereocenters. The lowest BCUT2D eigenvalue weighted by Crippen LogP contribution is -2.33. The number of halogens is 3. The fraction of sp³-hybridized carbons (Fsp3) is 0.318. The monoisotopic (exact) mass is 466 g/mol. The number of carboxylic acid groups (broad SMARTS) is 1. The van der Waals surface area contributed by atoms with Crippen LogP contribution >= 0.6 is 0 Å². The maximum Gasteiger partial charge on any atom is 0.490 e. The first-order chi connectivity index (χ1) is 15.4. The molecule has 0 radical (unpaired) electrons. The van der Waals surface area contributed by atoms with Gasteiger partial charge in [0.15, 0.2) is 11.6 Å². The Morgan fingerprint density at radius 2 is 1.48 bits per heavy atom. The largest absolute Gasteiger partial charge is 0.507 e. The summed E-state index contributed by atoms with van der Waals surface area (Å²) in [5, 5.41) is 30.8. The summed E-state index contributed by atoms with van der Waals surface area (Å²) in [6, 6.07) is 7.77. The fourth-order valence-electron chi connectivity index (χ4n) is 3.89. The summed E-state index contributed by atoms with van der Waals surface area (Å²) in [5.74, 6) is -4.14. The van der Waals surface area contributed by atoms with Crippen molar-refractivity contribution in [3.63, 3.8) is 0 Å². The van der Waals surface area contributed by atoms with E-state index in [1.807, 2.05) is 0 Å². The molecular formula is C22H21F3N2O6. The van der Waals surface area contributed by atoms with E-state index in [4.69, 9.17) is 15.6 Å². The molecule has 2 aliphatic carbocycles. The van der Waals surface area contributed by atoms with Gasteiger partial charge in [-0.25, -0.2) is 4.79 Å². The van der Waals surface area contributed by atoms with Crippen LogP contribution in [0.3, 0.4) is 0 Å². The van der Waals surface area contributed by atoms with Crippen LogP contribution in [0.1, 0.15) is 57.5 Å². The molecule has 0 saturated heterocycles. The Labute approximate surface area is 185 Å². The number of rotatable bonds is 2. The summed E-state index contributed by atoms with van der Waals surface area (Å²) < 4.78 is 31.7. The lowest BCUT2D eigenvalue weighted by molar-refractivity contribution is -0.192. The number of ketones is 2. The first-order valence-corrected chi connectivity index (χ1v) is 10.0. The zero-order valence-electron chi connectivity index (χ0n) is 17.1. The maximum absolute atomic E-state index is 13.1. The van der Waals surface area contributed by atoms with Gasteiger partial charge in [0.25, 0.3) is 0 Å². The summed E-state index contributed by atoms with van der Waals surface area (Å²) in [6.45, 7) is 0. The van der Waals surface area contributed by atoms with Crippen molar-refractivity contribution in [3.8, 4) is 11.5 Å². The average Bonchev–Trinajstić information content (AvgIpc) is 2.74. The number of phenols is 2. The van der Waals surface area contributed by atoms with Crippen molar-refractivity contribution in [3.05, 3.63) is 52.6 Å². The number of hydrogen-bond donors (Lipinski definition) is 5. The molecule has 2 aromatic rings. The van der Waals surface area contributed by atoms with Gasteiger partial charge in [0.1, 0.15) is 11.5 Å². The lowest BCUT2D eigenvalue weighted by Gasteiger charge is -2.29. The first kappa shape index (κ1) is 24.1. The Morgan fingerprint density at radius 1 is 0.909 bits per heavy atom. The Morgan fingerprint density at radius 3 is 2.06 bits per heavy atom. The number of phenolic OH excluding ortho intramolecular Hbond substituents is 2. The number of nitrogens with one attached hydrogen (secondary N) is 1. The van der Waals surface area contributed by atoms with Gasteiger partial charge in [0, 0.05) is 23.3 Å². The van der Waals surface area contributed by atoms with Crippen LogP contribution in [0, 0.1) is 0 Å². The molecule has 1 fully saturated rings. The molecule has 8 nitrogen and oxygen atoms in total. The van der Waals surface area contributed by atoms with E-state index in [2.05, 4.69) is 5.32 Å². The van der Waals surface area contributed by atoms with Crippen molar-refractivity contribution in [1.29, 1.82) is 0 Å². The van der Waals surface area contributed by atoms with Gasteiger partial charge < -0.3 is 26.4 Å². The van der Waals surface area contributed by atoms with E-state index in [1.165, 1.54) is 24.3 Å². The number of alkyl halides is 3. The van der Waals surface area contributed by atoms with Crippen LogP contribution in [0.2, 0.25) is 0 Å². The molecule has 0 aliphatic heterocycles. The normalized spacial score (nSPS) is 19.6. The number of anilines is 1. The van der Waals surface area contributed by atoms with Gasteiger partial charge in [-0.15, -0.1) is 0 Å². The van der Waals surface area contributed by atoms with Gasteiger partial charge in [-0.1, -0.05) is 12.1 Å². The number of aliphatic carboxylic acids is 1. The van der Waals surface area contributed by atoms with Crippen LogP contribution in [0.4, 0.5) is 18.9 Å². The summed E-state index contributed by atoms with van der Waals surface area (Å²) in [7, 11) is 0. The minimum atomic E-state index is -5.08. The molecule has 176 valence electrons. The molecular weight excluding hydrogens is 445 g/mol. The summed E-state index contributed by atoms with van der Waals surface area (Å²) in [5.41, 5.74) is 6.66. The van der Waals surface area contributed by atoms with E-state index < -0.39 is 23.7 Å². The Kier molecular flexibility index (Phi) is 6.63. The fourth-order valence-corrected chi connectivity index (χ4v) is 3.89. The number of nitrogens with two attached hydrogens (primary N) is 1. The Hall–Kier alpha value is -3.60. The number of aromatic hydroxyl groups is 2. The topological polar surface area (TPSA) is 150 Å². The zero-order valence-corrected chi connectivity index (χ0v) is 17.1. The van der Waals surface area contributed by atoms with Crippen molar-refractivity contribution in [2.24, 2.45) is 5.73 Å². The number of benzene rings is 2. The maximum atomic E-state index is 13.1. The van der Waals surface area contributed by atoms with Gasteiger partial charge >= 0.3 is 12.1 Å². The highest BCUT2D eigenvalue weighted by Crippen LogP contribution is 2.40. The highest BCUT2D eigenvalue weighted by molar-refractivity contribution is 6.31. The van der Waals surface area contributed by atoms with Crippen molar-refractivity contribution in [2.45, 2.75) is 43.9 Å². The van der Waals surface area contributed by atoms with E-state index in [9.17, 15) is 33.0 Å². The van der Waals surface area contributed by atoms with Crippen molar-refractivity contribution in [1.82, 2.24) is 0 Å². The van der Waals surface area contributed by atoms with Gasteiger partial charge in [-0.05, 0) is 43.9 Å². The molecule has 11 heteroatoms. The smallest absolute Gasteiger partial charge is 0.490 e. The van der Waals surface area contributed by atoms with E-state index in [0.29, 0.717) is 5.69 Å². The minimum absolute atomic E-state index is 0.00869. The number of carbonyl (C=O) groups excluding carboxylic acids is 2. The van der Waals surface area contributed by atoms with Crippen LogP contribution < -0.4 is 11.1 Å². The van der Waals surface area contributed by atoms with Gasteiger partial charge in [0.05, 0.1) is 16.7 Å². The summed E-state index contributed by atoms with van der Waals surface area (Å²) in [4.78, 5) is 34.8. The van der Waals surface area contributed by atoms with Crippen LogP contribution in [-0.2, 0) is 4.79 Å². The third-order valence-corrected chi connectivity index (χ3v) is 5.53. The average molecular weight is 466 g/mol. The second-order valence-electron chi connectivity index (χ2n) is 7.80. The van der Waals surface area contributed by atoms with Crippen LogP contribution in [-0.4, -0.2) is 51.1 Å². The first-order valence-electron chi connectivity index (χ1n) is 10.0. The summed E-state index contributed by atoms with van der Waals surface area (Å²) in [6.07, 6.45) is -1.54. The third-order valence-electron chi connectivity index (χ3n) is 5.53. The number of carbonyl (C=O) groups is 3. The molecule has 6 N–H and O–H groups in total. The van der Waals surface area contributed by atoms with E-state index in [0.717, 1.165) is 25.7 Å². The van der Waals surface area contributed by atoms with Gasteiger partial charge in [0.2, 0.25) is 0 Å².